The number of nitro benzene ring substituents is 1. The molecule has 0 amide bonds. The van der Waals surface area contributed by atoms with E-state index in [-0.39, 0.29) is 18.2 Å². The number of carbonyl (C=O) groups is 1. The van der Waals surface area contributed by atoms with Crippen LogP contribution in [0.1, 0.15) is 36.0 Å². The van der Waals surface area contributed by atoms with E-state index in [0.717, 1.165) is 25.8 Å². The van der Waals surface area contributed by atoms with Crippen molar-refractivity contribution in [3.8, 4) is 0 Å². The van der Waals surface area contributed by atoms with Gasteiger partial charge in [0.25, 0.3) is 5.69 Å². The molecule has 1 fully saturated rings. The number of carboxylic acid groups (broad SMARTS) is 1. The second-order valence-corrected chi connectivity index (χ2v) is 5.12. The van der Waals surface area contributed by atoms with Crippen molar-refractivity contribution in [3.05, 3.63) is 33.9 Å². The molecule has 0 bridgehead atoms. The molecule has 21 heavy (non-hydrogen) atoms. The van der Waals surface area contributed by atoms with Gasteiger partial charge in [-0.3, -0.25) is 10.1 Å². The highest BCUT2D eigenvalue weighted by Gasteiger charge is 2.26. The van der Waals surface area contributed by atoms with Gasteiger partial charge in [0.15, 0.2) is 0 Å². The Labute approximate surface area is 122 Å². The molecule has 1 atom stereocenters. The standard InChI is InChI=1S/C14H18N2O5/c17-8-6-10-3-1-2-7-15(10)11-4-5-13(16(20)21)12(9-11)14(18)19/h4-5,9-10,17H,1-3,6-8H2,(H,18,19). The molecular weight excluding hydrogens is 276 g/mol. The summed E-state index contributed by atoms with van der Waals surface area (Å²) in [6.07, 6.45) is 3.60. The molecule has 1 unspecified atom stereocenters. The molecule has 2 N–H and O–H groups in total. The number of carboxylic acids is 1. The maximum atomic E-state index is 11.2. The second-order valence-electron chi connectivity index (χ2n) is 5.12. The van der Waals surface area contributed by atoms with E-state index in [0.29, 0.717) is 12.1 Å². The first-order valence-corrected chi connectivity index (χ1v) is 6.94. The van der Waals surface area contributed by atoms with Crippen LogP contribution < -0.4 is 4.90 Å². The average molecular weight is 294 g/mol. The number of hydrogen-bond acceptors (Lipinski definition) is 5. The number of benzene rings is 1. The minimum absolute atomic E-state index is 0.0694. The molecule has 0 saturated carbocycles. The predicted molar refractivity (Wildman–Crippen MR) is 76.7 cm³/mol. The number of aromatic carboxylic acids is 1. The minimum atomic E-state index is -1.31. The van der Waals surface area contributed by atoms with E-state index in [1.165, 1.54) is 12.1 Å². The van der Waals surface area contributed by atoms with E-state index < -0.39 is 16.6 Å². The lowest BCUT2D eigenvalue weighted by Crippen LogP contribution is -2.40. The van der Waals surface area contributed by atoms with Gasteiger partial charge in [0, 0.05) is 30.9 Å². The highest BCUT2D eigenvalue weighted by Crippen LogP contribution is 2.30. The normalized spacial score (nSPS) is 18.5. The van der Waals surface area contributed by atoms with Gasteiger partial charge in [0.1, 0.15) is 5.56 Å². The van der Waals surface area contributed by atoms with Crippen molar-refractivity contribution in [2.75, 3.05) is 18.1 Å². The van der Waals surface area contributed by atoms with Crippen molar-refractivity contribution in [1.29, 1.82) is 0 Å². The second kappa shape index (κ2) is 6.53. The van der Waals surface area contributed by atoms with Gasteiger partial charge in [-0.25, -0.2) is 4.79 Å². The minimum Gasteiger partial charge on any atom is -0.477 e. The number of aliphatic hydroxyl groups excluding tert-OH is 1. The Morgan fingerprint density at radius 3 is 2.81 bits per heavy atom. The molecule has 7 heteroatoms. The highest BCUT2D eigenvalue weighted by molar-refractivity contribution is 5.93. The maximum absolute atomic E-state index is 11.2. The molecule has 1 aromatic rings. The molecule has 1 aliphatic heterocycles. The Bertz CT molecular complexity index is 544. The molecule has 1 aliphatic rings. The lowest BCUT2D eigenvalue weighted by Gasteiger charge is -2.37. The summed E-state index contributed by atoms with van der Waals surface area (Å²) in [6.45, 7) is 0.835. The Hall–Kier alpha value is -2.15. The number of anilines is 1. The van der Waals surface area contributed by atoms with Gasteiger partial charge in [-0.15, -0.1) is 0 Å². The van der Waals surface area contributed by atoms with Crippen molar-refractivity contribution < 1.29 is 19.9 Å². The van der Waals surface area contributed by atoms with Crippen LogP contribution in [-0.2, 0) is 0 Å². The average Bonchev–Trinajstić information content (AvgIpc) is 2.47. The first-order valence-electron chi connectivity index (χ1n) is 6.94. The third kappa shape index (κ3) is 3.30. The maximum Gasteiger partial charge on any atom is 0.342 e. The van der Waals surface area contributed by atoms with Crippen molar-refractivity contribution >= 4 is 17.3 Å². The van der Waals surface area contributed by atoms with Crippen LogP contribution in [0.3, 0.4) is 0 Å². The molecule has 1 heterocycles. The third-order valence-corrected chi connectivity index (χ3v) is 3.83. The molecule has 7 nitrogen and oxygen atoms in total. The van der Waals surface area contributed by atoms with E-state index in [1.54, 1.807) is 6.07 Å². The highest BCUT2D eigenvalue weighted by atomic mass is 16.6. The fourth-order valence-electron chi connectivity index (χ4n) is 2.82. The number of aliphatic hydroxyl groups is 1. The van der Waals surface area contributed by atoms with Gasteiger partial charge in [-0.1, -0.05) is 0 Å². The van der Waals surface area contributed by atoms with Crippen LogP contribution in [0.5, 0.6) is 0 Å². The smallest absolute Gasteiger partial charge is 0.342 e. The first kappa shape index (κ1) is 15.2. The van der Waals surface area contributed by atoms with Crippen LogP contribution in [0.25, 0.3) is 0 Å². The fourth-order valence-corrected chi connectivity index (χ4v) is 2.82. The molecule has 114 valence electrons. The quantitative estimate of drug-likeness (QED) is 0.636. The molecule has 2 rings (SSSR count). The third-order valence-electron chi connectivity index (χ3n) is 3.83. The summed E-state index contributed by atoms with van der Waals surface area (Å²) in [5.41, 5.74) is -0.0380. The van der Waals surface area contributed by atoms with Crippen molar-refractivity contribution in [3.63, 3.8) is 0 Å². The monoisotopic (exact) mass is 294 g/mol. The molecule has 1 saturated heterocycles. The Morgan fingerprint density at radius 2 is 2.19 bits per heavy atom. The number of rotatable bonds is 5. The van der Waals surface area contributed by atoms with Crippen LogP contribution >= 0.6 is 0 Å². The molecule has 0 spiro atoms. The zero-order valence-corrected chi connectivity index (χ0v) is 11.6. The number of hydrogen-bond donors (Lipinski definition) is 2. The number of nitrogens with zero attached hydrogens (tertiary/aromatic N) is 2. The van der Waals surface area contributed by atoms with Crippen molar-refractivity contribution in [1.82, 2.24) is 0 Å². The number of piperidine rings is 1. The topological polar surface area (TPSA) is 104 Å². The Balaban J connectivity index is 2.36. The zero-order valence-electron chi connectivity index (χ0n) is 11.6. The summed E-state index contributed by atoms with van der Waals surface area (Å²) >= 11 is 0. The largest absolute Gasteiger partial charge is 0.477 e. The Kier molecular flexibility index (Phi) is 4.74. The summed E-state index contributed by atoms with van der Waals surface area (Å²) in [5, 5.41) is 29.2. The summed E-state index contributed by atoms with van der Waals surface area (Å²) in [6, 6.07) is 4.33. The van der Waals surface area contributed by atoms with Gasteiger partial charge in [-0.05, 0) is 37.8 Å². The van der Waals surface area contributed by atoms with E-state index >= 15 is 0 Å². The van der Waals surface area contributed by atoms with E-state index in [1.807, 2.05) is 4.90 Å². The lowest BCUT2D eigenvalue weighted by atomic mass is 9.98. The first-order chi connectivity index (χ1) is 10.0. The predicted octanol–water partition coefficient (Wildman–Crippen LogP) is 2.03. The van der Waals surface area contributed by atoms with E-state index in [2.05, 4.69) is 0 Å². The van der Waals surface area contributed by atoms with Gasteiger partial charge in [0.05, 0.1) is 4.92 Å². The fraction of sp³-hybridized carbons (Fsp3) is 0.500. The van der Waals surface area contributed by atoms with Gasteiger partial charge < -0.3 is 15.1 Å². The summed E-state index contributed by atoms with van der Waals surface area (Å²) < 4.78 is 0. The molecule has 1 aromatic carbocycles. The van der Waals surface area contributed by atoms with Gasteiger partial charge in [0.2, 0.25) is 0 Å². The van der Waals surface area contributed by atoms with Crippen LogP contribution in [0.2, 0.25) is 0 Å². The van der Waals surface area contributed by atoms with Crippen molar-refractivity contribution in [2.24, 2.45) is 0 Å². The van der Waals surface area contributed by atoms with Crippen molar-refractivity contribution in [2.45, 2.75) is 31.7 Å². The molecule has 0 aromatic heterocycles. The zero-order chi connectivity index (χ0) is 15.4. The lowest BCUT2D eigenvalue weighted by molar-refractivity contribution is -0.385. The van der Waals surface area contributed by atoms with Crippen LogP contribution in [0, 0.1) is 10.1 Å². The van der Waals surface area contributed by atoms with Crippen LogP contribution in [-0.4, -0.2) is 40.3 Å². The van der Waals surface area contributed by atoms with Crippen LogP contribution in [0.4, 0.5) is 11.4 Å². The van der Waals surface area contributed by atoms with E-state index in [9.17, 15) is 14.9 Å². The summed E-state index contributed by atoms with van der Waals surface area (Å²) in [5.74, 6) is -1.31. The molecular formula is C14H18N2O5. The summed E-state index contributed by atoms with van der Waals surface area (Å²) in [4.78, 5) is 23.4. The van der Waals surface area contributed by atoms with E-state index in [4.69, 9.17) is 10.2 Å². The van der Waals surface area contributed by atoms with Gasteiger partial charge >= 0.3 is 5.97 Å². The van der Waals surface area contributed by atoms with Crippen LogP contribution in [0.15, 0.2) is 18.2 Å². The van der Waals surface area contributed by atoms with Gasteiger partial charge in [-0.2, -0.15) is 0 Å². The Morgan fingerprint density at radius 1 is 1.43 bits per heavy atom. The SMILES string of the molecule is O=C(O)c1cc(N2CCCCC2CCO)ccc1[N+](=O)[O-]. The molecule has 0 radical (unpaired) electrons. The number of nitro groups is 1. The molecule has 0 aliphatic carbocycles. The summed E-state index contributed by atoms with van der Waals surface area (Å²) in [7, 11) is 0.